The van der Waals surface area contributed by atoms with Crippen molar-refractivity contribution in [2.75, 3.05) is 31.9 Å². The number of thioether (sulfide) groups is 1. The second-order valence-electron chi connectivity index (χ2n) is 5.00. The van der Waals surface area contributed by atoms with Crippen LogP contribution in [0.2, 0.25) is 0 Å². The van der Waals surface area contributed by atoms with E-state index < -0.39 is 0 Å². The van der Waals surface area contributed by atoms with Crippen molar-refractivity contribution < 1.29 is 0 Å². The summed E-state index contributed by atoms with van der Waals surface area (Å²) in [5, 5.41) is 0. The molecule has 0 radical (unpaired) electrons. The summed E-state index contributed by atoms with van der Waals surface area (Å²) in [6, 6.07) is 0. The maximum Gasteiger partial charge on any atom is 0.0116 e. The van der Waals surface area contributed by atoms with Gasteiger partial charge in [-0.25, -0.2) is 0 Å². The van der Waals surface area contributed by atoms with Gasteiger partial charge in [0.05, 0.1) is 0 Å². The van der Waals surface area contributed by atoms with Crippen molar-refractivity contribution in [1.29, 1.82) is 0 Å². The summed E-state index contributed by atoms with van der Waals surface area (Å²) in [5.41, 5.74) is 5.65. The molecule has 0 saturated carbocycles. The Labute approximate surface area is 92.6 Å². The maximum atomic E-state index is 5.65. The van der Waals surface area contributed by atoms with Gasteiger partial charge in [-0.2, -0.15) is 11.8 Å². The number of nitrogens with zero attached hydrogens (tertiary/aromatic N) is 1. The predicted octanol–water partition coefficient (Wildman–Crippen LogP) is 1.80. The number of hydrogen-bond acceptors (Lipinski definition) is 3. The van der Waals surface area contributed by atoms with Gasteiger partial charge < -0.3 is 10.6 Å². The standard InChI is InChI=1S/C11H24N2S/c1-10(8-12)9-13-5-4-11(2,3)14-7-6-13/h10H,4-9,12H2,1-3H3. The minimum atomic E-state index is 0.473. The fraction of sp³-hybridized carbons (Fsp3) is 1.00. The van der Waals surface area contributed by atoms with E-state index in [2.05, 4.69) is 37.4 Å². The van der Waals surface area contributed by atoms with Gasteiger partial charge in [0.1, 0.15) is 0 Å². The molecule has 2 N–H and O–H groups in total. The first-order valence-electron chi connectivity index (χ1n) is 5.60. The Morgan fingerprint density at radius 1 is 1.43 bits per heavy atom. The first-order chi connectivity index (χ1) is 6.53. The van der Waals surface area contributed by atoms with Crippen molar-refractivity contribution in [3.63, 3.8) is 0 Å². The monoisotopic (exact) mass is 216 g/mol. The minimum Gasteiger partial charge on any atom is -0.330 e. The molecule has 0 aromatic carbocycles. The molecule has 0 spiro atoms. The molecule has 0 aliphatic carbocycles. The van der Waals surface area contributed by atoms with E-state index in [-0.39, 0.29) is 0 Å². The molecule has 14 heavy (non-hydrogen) atoms. The van der Waals surface area contributed by atoms with Crippen LogP contribution in [0.25, 0.3) is 0 Å². The summed E-state index contributed by atoms with van der Waals surface area (Å²) >= 11 is 2.11. The van der Waals surface area contributed by atoms with Gasteiger partial charge in [0.25, 0.3) is 0 Å². The largest absolute Gasteiger partial charge is 0.330 e. The summed E-state index contributed by atoms with van der Waals surface area (Å²) < 4.78 is 0.473. The highest BCUT2D eigenvalue weighted by Gasteiger charge is 2.23. The molecule has 1 aliphatic heterocycles. The van der Waals surface area contributed by atoms with E-state index in [1.165, 1.54) is 31.8 Å². The lowest BCUT2D eigenvalue weighted by molar-refractivity contribution is 0.249. The summed E-state index contributed by atoms with van der Waals surface area (Å²) in [7, 11) is 0. The molecule has 84 valence electrons. The van der Waals surface area contributed by atoms with E-state index in [9.17, 15) is 0 Å². The highest BCUT2D eigenvalue weighted by molar-refractivity contribution is 8.00. The van der Waals surface area contributed by atoms with Gasteiger partial charge >= 0.3 is 0 Å². The molecule has 1 aliphatic rings. The van der Waals surface area contributed by atoms with E-state index in [4.69, 9.17) is 5.73 Å². The molecular weight excluding hydrogens is 192 g/mol. The van der Waals surface area contributed by atoms with Crippen LogP contribution in [0.5, 0.6) is 0 Å². The summed E-state index contributed by atoms with van der Waals surface area (Å²) in [5.74, 6) is 1.91. The zero-order valence-corrected chi connectivity index (χ0v) is 10.6. The van der Waals surface area contributed by atoms with Gasteiger partial charge in [0.15, 0.2) is 0 Å². The molecule has 1 atom stereocenters. The van der Waals surface area contributed by atoms with E-state index in [1.54, 1.807) is 0 Å². The maximum absolute atomic E-state index is 5.65. The highest BCUT2D eigenvalue weighted by atomic mass is 32.2. The average molecular weight is 216 g/mol. The van der Waals surface area contributed by atoms with E-state index >= 15 is 0 Å². The summed E-state index contributed by atoms with van der Waals surface area (Å²) in [4.78, 5) is 2.57. The lowest BCUT2D eigenvalue weighted by atomic mass is 10.1. The first-order valence-corrected chi connectivity index (χ1v) is 6.58. The Morgan fingerprint density at radius 2 is 2.14 bits per heavy atom. The van der Waals surface area contributed by atoms with Crippen molar-refractivity contribution in [3.8, 4) is 0 Å². The van der Waals surface area contributed by atoms with Crippen LogP contribution in [0.15, 0.2) is 0 Å². The van der Waals surface area contributed by atoms with E-state index in [1.807, 2.05) is 0 Å². The molecule has 1 heterocycles. The van der Waals surface area contributed by atoms with Gasteiger partial charge in [-0.1, -0.05) is 20.8 Å². The SMILES string of the molecule is CC(CN)CN1CCSC(C)(C)CC1. The molecule has 1 fully saturated rings. The van der Waals surface area contributed by atoms with Crippen LogP contribution in [0, 0.1) is 5.92 Å². The average Bonchev–Trinajstić information content (AvgIpc) is 2.28. The Balaban J connectivity index is 2.35. The second-order valence-corrected chi connectivity index (χ2v) is 6.80. The molecular formula is C11H24N2S. The zero-order chi connectivity index (χ0) is 10.6. The van der Waals surface area contributed by atoms with Crippen LogP contribution in [-0.2, 0) is 0 Å². The Bertz CT molecular complexity index is 171. The third kappa shape index (κ3) is 4.20. The Kier molecular flexibility index (Phi) is 4.74. The lowest BCUT2D eigenvalue weighted by Gasteiger charge is -2.24. The van der Waals surface area contributed by atoms with Crippen LogP contribution in [-0.4, -0.2) is 41.6 Å². The highest BCUT2D eigenvalue weighted by Crippen LogP contribution is 2.30. The zero-order valence-electron chi connectivity index (χ0n) is 9.75. The van der Waals surface area contributed by atoms with Gasteiger partial charge in [-0.05, 0) is 25.4 Å². The molecule has 0 aromatic rings. The number of nitrogens with two attached hydrogens (primary N) is 1. The van der Waals surface area contributed by atoms with Gasteiger partial charge in [0, 0.05) is 23.6 Å². The molecule has 1 rings (SSSR count). The normalized spacial score (nSPS) is 25.7. The molecule has 1 saturated heterocycles. The van der Waals surface area contributed by atoms with Crippen LogP contribution in [0.4, 0.5) is 0 Å². The second kappa shape index (κ2) is 5.38. The smallest absolute Gasteiger partial charge is 0.0116 e. The molecule has 1 unspecified atom stereocenters. The Hall–Kier alpha value is 0.270. The molecule has 3 heteroatoms. The van der Waals surface area contributed by atoms with Crippen LogP contribution >= 0.6 is 11.8 Å². The van der Waals surface area contributed by atoms with Crippen LogP contribution < -0.4 is 5.73 Å². The summed E-state index contributed by atoms with van der Waals surface area (Å²) in [6.45, 7) is 11.4. The van der Waals surface area contributed by atoms with Crippen LogP contribution in [0.1, 0.15) is 27.2 Å². The van der Waals surface area contributed by atoms with Crippen LogP contribution in [0.3, 0.4) is 0 Å². The fourth-order valence-corrected chi connectivity index (χ4v) is 2.90. The van der Waals surface area contributed by atoms with Crippen molar-refractivity contribution in [2.45, 2.75) is 31.9 Å². The van der Waals surface area contributed by atoms with Gasteiger partial charge in [-0.15, -0.1) is 0 Å². The molecule has 0 amide bonds. The molecule has 2 nitrogen and oxygen atoms in total. The third-order valence-electron chi connectivity index (χ3n) is 2.90. The van der Waals surface area contributed by atoms with Crippen molar-refractivity contribution in [1.82, 2.24) is 4.90 Å². The first kappa shape index (κ1) is 12.3. The third-order valence-corrected chi connectivity index (χ3v) is 4.27. The lowest BCUT2D eigenvalue weighted by Crippen LogP contribution is -2.33. The van der Waals surface area contributed by atoms with E-state index in [0.29, 0.717) is 10.7 Å². The fourth-order valence-electron chi connectivity index (χ4n) is 1.76. The Morgan fingerprint density at radius 3 is 2.79 bits per heavy atom. The minimum absolute atomic E-state index is 0.473. The van der Waals surface area contributed by atoms with Gasteiger partial charge in [-0.3, -0.25) is 0 Å². The topological polar surface area (TPSA) is 29.3 Å². The summed E-state index contributed by atoms with van der Waals surface area (Å²) in [6.07, 6.45) is 1.30. The molecule has 0 bridgehead atoms. The van der Waals surface area contributed by atoms with E-state index in [0.717, 1.165) is 6.54 Å². The van der Waals surface area contributed by atoms with Crippen molar-refractivity contribution in [3.05, 3.63) is 0 Å². The van der Waals surface area contributed by atoms with Gasteiger partial charge in [0.2, 0.25) is 0 Å². The quantitative estimate of drug-likeness (QED) is 0.780. The molecule has 0 aromatic heterocycles. The number of rotatable bonds is 3. The van der Waals surface area contributed by atoms with Crippen molar-refractivity contribution >= 4 is 11.8 Å². The number of hydrogen-bond donors (Lipinski definition) is 1. The van der Waals surface area contributed by atoms with Crippen molar-refractivity contribution in [2.24, 2.45) is 11.7 Å². The predicted molar refractivity (Wildman–Crippen MR) is 65.8 cm³/mol.